The van der Waals surface area contributed by atoms with E-state index < -0.39 is 6.04 Å². The minimum atomic E-state index is -0.471. The van der Waals surface area contributed by atoms with Crippen LogP contribution in [0.3, 0.4) is 0 Å². The Hall–Kier alpha value is -1.01. The second-order valence-corrected chi connectivity index (χ2v) is 5.23. The predicted octanol–water partition coefficient (Wildman–Crippen LogP) is 1.55. The maximum absolute atomic E-state index is 11.7. The summed E-state index contributed by atoms with van der Waals surface area (Å²) < 4.78 is 0. The van der Waals surface area contributed by atoms with Gasteiger partial charge in [-0.3, -0.25) is 9.89 Å². The molecule has 0 bridgehead atoms. The number of hydrogen-bond donors (Lipinski definition) is 3. The molecule has 0 saturated heterocycles. The highest BCUT2D eigenvalue weighted by Crippen LogP contribution is 2.14. The molecule has 0 aromatic carbocycles. The minimum Gasteiger partial charge on any atom is -0.320 e. The normalized spacial score (nSPS) is 12.8. The molecule has 0 saturated carbocycles. The highest BCUT2D eigenvalue weighted by Gasteiger charge is 2.14. The largest absolute Gasteiger partial charge is 0.320 e. The Morgan fingerprint density at radius 3 is 2.88 bits per heavy atom. The Morgan fingerprint density at radius 1 is 1.65 bits per heavy atom. The standard InChI is InChI=1S/C11H20N4OS/c1-7(2)9-6-10(15-14-9)13-11(16)8(12)4-5-17-3/h6-8H,4-5,12H2,1-3H3,(H2,13,14,15,16)/t8-/m0/s1. The fourth-order valence-electron chi connectivity index (χ4n) is 1.29. The highest BCUT2D eigenvalue weighted by molar-refractivity contribution is 7.98. The van der Waals surface area contributed by atoms with Crippen molar-refractivity contribution in [1.82, 2.24) is 10.2 Å². The summed E-state index contributed by atoms with van der Waals surface area (Å²) in [5.41, 5.74) is 6.75. The third-order valence-corrected chi connectivity index (χ3v) is 3.08. The van der Waals surface area contributed by atoms with Gasteiger partial charge in [0, 0.05) is 11.8 Å². The summed E-state index contributed by atoms with van der Waals surface area (Å²) in [6.45, 7) is 4.12. The molecular formula is C11H20N4OS. The zero-order chi connectivity index (χ0) is 12.8. The van der Waals surface area contributed by atoms with Crippen LogP contribution < -0.4 is 11.1 Å². The van der Waals surface area contributed by atoms with Crippen molar-refractivity contribution in [3.8, 4) is 0 Å². The predicted molar refractivity (Wildman–Crippen MR) is 72.3 cm³/mol. The van der Waals surface area contributed by atoms with Crippen LogP contribution >= 0.6 is 11.8 Å². The molecule has 0 aliphatic carbocycles. The first-order valence-electron chi connectivity index (χ1n) is 5.65. The van der Waals surface area contributed by atoms with Gasteiger partial charge in [-0.15, -0.1) is 0 Å². The number of hydrogen-bond acceptors (Lipinski definition) is 4. The number of carbonyl (C=O) groups is 1. The Labute approximate surface area is 106 Å². The number of amides is 1. The van der Waals surface area contributed by atoms with Gasteiger partial charge in [0.25, 0.3) is 0 Å². The van der Waals surface area contributed by atoms with E-state index in [2.05, 4.69) is 29.4 Å². The first kappa shape index (κ1) is 14.1. The van der Waals surface area contributed by atoms with Crippen LogP contribution in [0.15, 0.2) is 6.07 Å². The minimum absolute atomic E-state index is 0.180. The van der Waals surface area contributed by atoms with Gasteiger partial charge < -0.3 is 11.1 Å². The van der Waals surface area contributed by atoms with Crippen LogP contribution in [0.2, 0.25) is 0 Å². The molecule has 96 valence electrons. The van der Waals surface area contributed by atoms with Gasteiger partial charge in [-0.05, 0) is 24.3 Å². The van der Waals surface area contributed by atoms with Gasteiger partial charge in [0.05, 0.1) is 6.04 Å². The number of H-pyrrole nitrogens is 1. The number of carbonyl (C=O) groups excluding carboxylic acids is 1. The fourth-order valence-corrected chi connectivity index (χ4v) is 1.78. The molecule has 17 heavy (non-hydrogen) atoms. The number of aromatic nitrogens is 2. The third kappa shape index (κ3) is 4.40. The SMILES string of the molecule is CSCC[C@H](N)C(=O)Nc1cc(C(C)C)[nH]n1. The molecule has 6 heteroatoms. The zero-order valence-electron chi connectivity index (χ0n) is 10.5. The Balaban J connectivity index is 2.49. The van der Waals surface area contributed by atoms with Crippen molar-refractivity contribution in [2.24, 2.45) is 5.73 Å². The topological polar surface area (TPSA) is 83.8 Å². The van der Waals surface area contributed by atoms with Gasteiger partial charge in [0.15, 0.2) is 5.82 Å². The average molecular weight is 256 g/mol. The first-order chi connectivity index (χ1) is 8.04. The lowest BCUT2D eigenvalue weighted by Gasteiger charge is -2.09. The molecule has 1 amide bonds. The summed E-state index contributed by atoms with van der Waals surface area (Å²) in [5.74, 6) is 1.60. The van der Waals surface area contributed by atoms with Crippen molar-refractivity contribution < 1.29 is 4.79 Å². The summed E-state index contributed by atoms with van der Waals surface area (Å²) in [6, 6.07) is 1.37. The summed E-state index contributed by atoms with van der Waals surface area (Å²) in [5, 5.41) is 9.62. The molecule has 1 aromatic rings. The van der Waals surface area contributed by atoms with E-state index in [1.807, 2.05) is 12.3 Å². The van der Waals surface area contributed by atoms with E-state index in [9.17, 15) is 4.79 Å². The van der Waals surface area contributed by atoms with E-state index in [0.29, 0.717) is 18.2 Å². The van der Waals surface area contributed by atoms with E-state index in [-0.39, 0.29) is 5.91 Å². The second-order valence-electron chi connectivity index (χ2n) is 4.24. The molecule has 1 rings (SSSR count). The Kier molecular flexibility index (Phi) is 5.50. The molecule has 0 radical (unpaired) electrons. The average Bonchev–Trinajstić information content (AvgIpc) is 2.74. The van der Waals surface area contributed by atoms with Crippen LogP contribution in [0.4, 0.5) is 5.82 Å². The number of thioether (sulfide) groups is 1. The lowest BCUT2D eigenvalue weighted by atomic mass is 10.1. The first-order valence-corrected chi connectivity index (χ1v) is 7.04. The van der Waals surface area contributed by atoms with E-state index >= 15 is 0 Å². The quantitative estimate of drug-likeness (QED) is 0.721. The number of aromatic amines is 1. The number of nitrogens with zero attached hydrogens (tertiary/aromatic N) is 1. The summed E-state index contributed by atoms with van der Waals surface area (Å²) in [6.07, 6.45) is 2.67. The molecule has 1 heterocycles. The van der Waals surface area contributed by atoms with Crippen LogP contribution in [-0.2, 0) is 4.79 Å². The maximum atomic E-state index is 11.7. The number of rotatable bonds is 6. The van der Waals surface area contributed by atoms with E-state index in [0.717, 1.165) is 11.4 Å². The molecule has 1 aromatic heterocycles. The number of nitrogens with two attached hydrogens (primary N) is 1. The third-order valence-electron chi connectivity index (χ3n) is 2.44. The monoisotopic (exact) mass is 256 g/mol. The molecule has 0 aliphatic rings. The number of anilines is 1. The van der Waals surface area contributed by atoms with Crippen LogP contribution in [0.25, 0.3) is 0 Å². The van der Waals surface area contributed by atoms with Crippen molar-refractivity contribution in [2.75, 3.05) is 17.3 Å². The lowest BCUT2D eigenvalue weighted by Crippen LogP contribution is -2.36. The van der Waals surface area contributed by atoms with E-state index in [1.54, 1.807) is 11.8 Å². The van der Waals surface area contributed by atoms with Crippen LogP contribution in [-0.4, -0.2) is 34.2 Å². The fraction of sp³-hybridized carbons (Fsp3) is 0.636. The van der Waals surface area contributed by atoms with Crippen LogP contribution in [0.5, 0.6) is 0 Å². The smallest absolute Gasteiger partial charge is 0.242 e. The van der Waals surface area contributed by atoms with Crippen LogP contribution in [0.1, 0.15) is 31.9 Å². The molecule has 0 unspecified atom stereocenters. The lowest BCUT2D eigenvalue weighted by molar-refractivity contribution is -0.117. The Bertz CT molecular complexity index is 364. The Morgan fingerprint density at radius 2 is 2.35 bits per heavy atom. The summed E-state index contributed by atoms with van der Waals surface area (Å²) >= 11 is 1.68. The van der Waals surface area contributed by atoms with Crippen molar-refractivity contribution in [3.63, 3.8) is 0 Å². The van der Waals surface area contributed by atoms with Crippen molar-refractivity contribution in [1.29, 1.82) is 0 Å². The maximum Gasteiger partial charge on any atom is 0.242 e. The van der Waals surface area contributed by atoms with Gasteiger partial charge in [-0.2, -0.15) is 16.9 Å². The molecular weight excluding hydrogens is 236 g/mol. The van der Waals surface area contributed by atoms with Gasteiger partial charge in [0.1, 0.15) is 0 Å². The molecule has 5 nitrogen and oxygen atoms in total. The van der Waals surface area contributed by atoms with Crippen molar-refractivity contribution >= 4 is 23.5 Å². The summed E-state index contributed by atoms with van der Waals surface area (Å²) in [4.78, 5) is 11.7. The van der Waals surface area contributed by atoms with Crippen molar-refractivity contribution in [2.45, 2.75) is 32.2 Å². The van der Waals surface area contributed by atoms with E-state index in [1.165, 1.54) is 0 Å². The summed E-state index contributed by atoms with van der Waals surface area (Å²) in [7, 11) is 0. The highest BCUT2D eigenvalue weighted by atomic mass is 32.2. The number of nitrogens with one attached hydrogen (secondary N) is 2. The van der Waals surface area contributed by atoms with Gasteiger partial charge in [0.2, 0.25) is 5.91 Å². The molecule has 0 fully saturated rings. The van der Waals surface area contributed by atoms with Gasteiger partial charge in [-0.25, -0.2) is 0 Å². The molecule has 1 atom stereocenters. The molecule has 0 aliphatic heterocycles. The zero-order valence-corrected chi connectivity index (χ0v) is 11.3. The van der Waals surface area contributed by atoms with E-state index in [4.69, 9.17) is 5.73 Å². The van der Waals surface area contributed by atoms with Gasteiger partial charge in [-0.1, -0.05) is 13.8 Å². The molecule has 0 spiro atoms. The van der Waals surface area contributed by atoms with Crippen molar-refractivity contribution in [3.05, 3.63) is 11.8 Å². The molecule has 4 N–H and O–H groups in total. The van der Waals surface area contributed by atoms with Crippen LogP contribution in [0, 0.1) is 0 Å². The second kappa shape index (κ2) is 6.66. The van der Waals surface area contributed by atoms with Gasteiger partial charge >= 0.3 is 0 Å².